The van der Waals surface area contributed by atoms with Crippen molar-refractivity contribution in [1.82, 2.24) is 10.2 Å². The molecule has 2 rings (SSSR count). The molecule has 1 unspecified atom stereocenters. The van der Waals surface area contributed by atoms with E-state index < -0.39 is 5.82 Å². The number of guanidine groups is 1. The van der Waals surface area contributed by atoms with Gasteiger partial charge in [-0.25, -0.2) is 4.39 Å². The highest BCUT2D eigenvalue weighted by Crippen LogP contribution is 2.18. The Morgan fingerprint density at radius 3 is 3.00 bits per heavy atom. The minimum absolute atomic E-state index is 0.334. The third kappa shape index (κ3) is 5.35. The van der Waals surface area contributed by atoms with Crippen LogP contribution in [0.25, 0.3) is 0 Å². The monoisotopic (exact) mass is 339 g/mol. The van der Waals surface area contributed by atoms with Gasteiger partial charge in [0.2, 0.25) is 0 Å². The first-order valence-corrected chi connectivity index (χ1v) is 8.13. The first-order chi connectivity index (χ1) is 11.6. The molecule has 0 spiro atoms. The number of aromatic hydroxyl groups is 1. The van der Waals surface area contributed by atoms with Gasteiger partial charge in [0, 0.05) is 39.7 Å². The van der Waals surface area contributed by atoms with E-state index in [1.54, 1.807) is 20.2 Å². The molecule has 0 bridgehead atoms. The minimum Gasteiger partial charge on any atom is -0.505 e. The molecule has 0 aromatic heterocycles. The number of nitrogens with one attached hydrogen (secondary N) is 1. The lowest BCUT2D eigenvalue weighted by Crippen LogP contribution is -2.39. The molecule has 1 aromatic rings. The van der Waals surface area contributed by atoms with Crippen LogP contribution in [-0.4, -0.2) is 63.0 Å². The quantitative estimate of drug-likeness (QED) is 0.449. The summed E-state index contributed by atoms with van der Waals surface area (Å²) in [6.07, 6.45) is 1.06. The molecule has 1 aromatic carbocycles. The topological polar surface area (TPSA) is 66.3 Å². The second-order valence-electron chi connectivity index (χ2n) is 5.85. The van der Waals surface area contributed by atoms with Gasteiger partial charge in [0.15, 0.2) is 17.5 Å². The van der Waals surface area contributed by atoms with Gasteiger partial charge in [0.1, 0.15) is 0 Å². The molecule has 0 amide bonds. The Labute approximate surface area is 142 Å². The highest BCUT2D eigenvalue weighted by atomic mass is 19.1. The first-order valence-electron chi connectivity index (χ1n) is 8.13. The number of halogens is 1. The number of phenolic OH excluding ortho intramolecular Hbond substituents is 1. The van der Waals surface area contributed by atoms with Crippen molar-refractivity contribution in [2.45, 2.75) is 13.0 Å². The van der Waals surface area contributed by atoms with Crippen molar-refractivity contribution in [2.24, 2.45) is 10.9 Å². The number of likely N-dealkylation sites (tertiary alicyclic amines) is 1. The van der Waals surface area contributed by atoms with Crippen molar-refractivity contribution in [1.29, 1.82) is 0 Å². The van der Waals surface area contributed by atoms with Crippen molar-refractivity contribution in [3.05, 3.63) is 29.6 Å². The normalized spacial score (nSPS) is 18.2. The molecule has 6 nitrogen and oxygen atoms in total. The summed E-state index contributed by atoms with van der Waals surface area (Å²) < 4.78 is 23.9. The van der Waals surface area contributed by atoms with Gasteiger partial charge < -0.3 is 24.8 Å². The molecular formula is C17H26FN3O3. The van der Waals surface area contributed by atoms with Gasteiger partial charge in [-0.1, -0.05) is 6.07 Å². The van der Waals surface area contributed by atoms with E-state index in [2.05, 4.69) is 15.2 Å². The van der Waals surface area contributed by atoms with E-state index in [1.807, 2.05) is 0 Å². The van der Waals surface area contributed by atoms with Crippen LogP contribution in [-0.2, 0) is 16.0 Å². The number of phenols is 1. The average molecular weight is 339 g/mol. The fraction of sp³-hybridized carbons (Fsp3) is 0.588. The van der Waals surface area contributed by atoms with Crippen LogP contribution in [0, 0.1) is 11.7 Å². The highest BCUT2D eigenvalue weighted by molar-refractivity contribution is 5.80. The second-order valence-corrected chi connectivity index (χ2v) is 5.85. The fourth-order valence-electron chi connectivity index (χ4n) is 2.73. The number of methoxy groups -OCH3 is 1. The molecule has 24 heavy (non-hydrogen) atoms. The van der Waals surface area contributed by atoms with Crippen molar-refractivity contribution < 1.29 is 19.0 Å². The van der Waals surface area contributed by atoms with Crippen LogP contribution >= 0.6 is 0 Å². The number of nitrogens with zero attached hydrogens (tertiary/aromatic N) is 2. The zero-order chi connectivity index (χ0) is 17.4. The number of hydrogen-bond donors (Lipinski definition) is 2. The molecule has 1 fully saturated rings. The third-order valence-corrected chi connectivity index (χ3v) is 4.05. The standard InChI is InChI=1S/C17H26FN3O3/c1-19-17(20-10-13-3-4-16(22)15(18)9-13)21-6-5-14(11-21)12-24-8-7-23-2/h3-4,9,14,22H,5-8,10-12H2,1-2H3,(H,19,20). The van der Waals surface area contributed by atoms with Crippen molar-refractivity contribution >= 4 is 5.96 Å². The third-order valence-electron chi connectivity index (χ3n) is 4.05. The van der Waals surface area contributed by atoms with Gasteiger partial charge in [-0.2, -0.15) is 0 Å². The van der Waals surface area contributed by atoms with Crippen molar-refractivity contribution in [3.8, 4) is 5.75 Å². The molecule has 1 aliphatic rings. The Hall–Kier alpha value is -1.86. The Morgan fingerprint density at radius 1 is 1.46 bits per heavy atom. The van der Waals surface area contributed by atoms with Crippen LogP contribution in [0.2, 0.25) is 0 Å². The molecule has 134 valence electrons. The van der Waals surface area contributed by atoms with Gasteiger partial charge >= 0.3 is 0 Å². The molecule has 1 saturated heterocycles. The maximum atomic E-state index is 13.4. The van der Waals surface area contributed by atoms with Gasteiger partial charge in [0.25, 0.3) is 0 Å². The van der Waals surface area contributed by atoms with E-state index in [0.29, 0.717) is 25.7 Å². The fourth-order valence-corrected chi connectivity index (χ4v) is 2.73. The van der Waals surface area contributed by atoms with E-state index in [0.717, 1.165) is 37.6 Å². The highest BCUT2D eigenvalue weighted by Gasteiger charge is 2.24. The summed E-state index contributed by atoms with van der Waals surface area (Å²) in [4.78, 5) is 6.48. The van der Waals surface area contributed by atoms with Crippen molar-refractivity contribution in [3.63, 3.8) is 0 Å². The van der Waals surface area contributed by atoms with Gasteiger partial charge in [-0.15, -0.1) is 0 Å². The number of benzene rings is 1. The van der Waals surface area contributed by atoms with E-state index in [1.165, 1.54) is 12.1 Å². The first kappa shape index (κ1) is 18.5. The van der Waals surface area contributed by atoms with Crippen LogP contribution < -0.4 is 5.32 Å². The van der Waals surface area contributed by atoms with Gasteiger partial charge in [0.05, 0.1) is 19.8 Å². The maximum Gasteiger partial charge on any atom is 0.193 e. The molecule has 0 saturated carbocycles. The Balaban J connectivity index is 1.78. The Kier molecular flexibility index (Phi) is 7.27. The molecule has 1 heterocycles. The molecular weight excluding hydrogens is 313 g/mol. The SMILES string of the molecule is CN=C(NCc1ccc(O)c(F)c1)N1CCC(COCCOC)C1. The van der Waals surface area contributed by atoms with Gasteiger partial charge in [-0.3, -0.25) is 4.99 Å². The average Bonchev–Trinajstić information content (AvgIpc) is 3.04. The number of hydrogen-bond acceptors (Lipinski definition) is 4. The van der Waals surface area contributed by atoms with Crippen LogP contribution in [0.15, 0.2) is 23.2 Å². The summed E-state index contributed by atoms with van der Waals surface area (Å²) in [5.74, 6) is 0.326. The zero-order valence-electron chi connectivity index (χ0n) is 14.3. The number of aliphatic imine (C=N–C) groups is 1. The predicted octanol–water partition coefficient (Wildman–Crippen LogP) is 1.59. The Morgan fingerprint density at radius 2 is 2.29 bits per heavy atom. The lowest BCUT2D eigenvalue weighted by atomic mass is 10.1. The summed E-state index contributed by atoms with van der Waals surface area (Å²) >= 11 is 0. The minimum atomic E-state index is -0.612. The van der Waals surface area contributed by atoms with E-state index in [9.17, 15) is 9.50 Å². The smallest absolute Gasteiger partial charge is 0.193 e. The summed E-state index contributed by atoms with van der Waals surface area (Å²) in [5, 5.41) is 12.5. The summed E-state index contributed by atoms with van der Waals surface area (Å²) in [7, 11) is 3.40. The molecule has 0 aliphatic carbocycles. The zero-order valence-corrected chi connectivity index (χ0v) is 14.3. The second kappa shape index (κ2) is 9.44. The molecule has 1 atom stereocenters. The Bertz CT molecular complexity index is 554. The van der Waals surface area contributed by atoms with E-state index in [4.69, 9.17) is 9.47 Å². The van der Waals surface area contributed by atoms with Crippen LogP contribution in [0.3, 0.4) is 0 Å². The van der Waals surface area contributed by atoms with Crippen LogP contribution in [0.1, 0.15) is 12.0 Å². The largest absolute Gasteiger partial charge is 0.505 e. The lowest BCUT2D eigenvalue weighted by molar-refractivity contribution is 0.0536. The summed E-state index contributed by atoms with van der Waals surface area (Å²) in [5.41, 5.74) is 0.755. The van der Waals surface area contributed by atoms with E-state index >= 15 is 0 Å². The van der Waals surface area contributed by atoms with Crippen molar-refractivity contribution in [2.75, 3.05) is 47.1 Å². The van der Waals surface area contributed by atoms with Crippen LogP contribution in [0.4, 0.5) is 4.39 Å². The predicted molar refractivity (Wildman–Crippen MR) is 90.6 cm³/mol. The lowest BCUT2D eigenvalue weighted by Gasteiger charge is -2.22. The van der Waals surface area contributed by atoms with Crippen LogP contribution in [0.5, 0.6) is 5.75 Å². The summed E-state index contributed by atoms with van der Waals surface area (Å²) in [6, 6.07) is 4.37. The molecule has 7 heteroatoms. The number of ether oxygens (including phenoxy) is 2. The van der Waals surface area contributed by atoms with Gasteiger partial charge in [-0.05, 0) is 24.1 Å². The number of rotatable bonds is 7. The maximum absolute atomic E-state index is 13.4. The summed E-state index contributed by atoms with van der Waals surface area (Å²) in [6.45, 7) is 4.21. The molecule has 2 N–H and O–H groups in total. The molecule has 1 aliphatic heterocycles. The molecule has 0 radical (unpaired) electrons. The van der Waals surface area contributed by atoms with E-state index in [-0.39, 0.29) is 5.75 Å².